The van der Waals surface area contributed by atoms with Gasteiger partial charge in [0, 0.05) is 11.6 Å². The normalized spacial score (nSPS) is 9.50. The van der Waals surface area contributed by atoms with Crippen molar-refractivity contribution < 1.29 is 0 Å². The summed E-state index contributed by atoms with van der Waals surface area (Å²) in [5.41, 5.74) is 12.6. The summed E-state index contributed by atoms with van der Waals surface area (Å²) in [5, 5.41) is 1.09. The first-order chi connectivity index (χ1) is 7.27. The van der Waals surface area contributed by atoms with Crippen molar-refractivity contribution in [2.24, 2.45) is 16.5 Å². The molecule has 0 amide bonds. The number of hydrogen-bond acceptors (Lipinski definition) is 2. The van der Waals surface area contributed by atoms with Crippen LogP contribution < -0.4 is 11.5 Å². The second-order valence-corrected chi connectivity index (χ2v) is 3.23. The van der Waals surface area contributed by atoms with E-state index in [0.29, 0.717) is 6.54 Å². The largest absolute Gasteiger partial charge is 0.370 e. The van der Waals surface area contributed by atoms with Crippen molar-refractivity contribution in [3.05, 3.63) is 42.1 Å². The minimum Gasteiger partial charge on any atom is -0.370 e. The highest BCUT2D eigenvalue weighted by Gasteiger charge is 1.99. The van der Waals surface area contributed by atoms with Crippen LogP contribution in [0.25, 0.3) is 10.9 Å². The van der Waals surface area contributed by atoms with Crippen molar-refractivity contribution >= 4 is 29.3 Å². The van der Waals surface area contributed by atoms with Gasteiger partial charge in [0.05, 0.1) is 12.1 Å². The second kappa shape index (κ2) is 5.32. The molecule has 1 aromatic heterocycles. The summed E-state index contributed by atoms with van der Waals surface area (Å²) >= 11 is 0. The minimum atomic E-state index is 0. The van der Waals surface area contributed by atoms with E-state index in [-0.39, 0.29) is 18.4 Å². The lowest BCUT2D eigenvalue weighted by Gasteiger charge is -2.02. The molecule has 0 bridgehead atoms. The van der Waals surface area contributed by atoms with Crippen LogP contribution in [0.3, 0.4) is 0 Å². The molecule has 4 nitrogen and oxygen atoms in total. The Labute approximate surface area is 99.8 Å². The van der Waals surface area contributed by atoms with Gasteiger partial charge in [-0.15, -0.1) is 12.4 Å². The highest BCUT2D eigenvalue weighted by Crippen LogP contribution is 2.16. The summed E-state index contributed by atoms with van der Waals surface area (Å²) in [6.45, 7) is 0.491. The van der Waals surface area contributed by atoms with Gasteiger partial charge >= 0.3 is 0 Å². The van der Waals surface area contributed by atoms with Gasteiger partial charge in [-0.3, -0.25) is 4.98 Å². The summed E-state index contributed by atoms with van der Waals surface area (Å²) in [6, 6.07) is 9.84. The lowest BCUT2D eigenvalue weighted by Crippen LogP contribution is -2.22. The molecule has 4 N–H and O–H groups in total. The van der Waals surface area contributed by atoms with Crippen molar-refractivity contribution in [1.82, 2.24) is 4.98 Å². The number of hydrogen-bond donors (Lipinski definition) is 2. The summed E-state index contributed by atoms with van der Waals surface area (Å²) in [4.78, 5) is 8.25. The number of halogens is 1. The molecule has 0 radical (unpaired) electrons. The number of para-hydroxylation sites is 1. The maximum Gasteiger partial charge on any atom is 0.186 e. The predicted octanol–water partition coefficient (Wildman–Crippen LogP) is 1.43. The van der Waals surface area contributed by atoms with Crippen LogP contribution in [0.5, 0.6) is 0 Å². The summed E-state index contributed by atoms with van der Waals surface area (Å²) in [5.74, 6) is 0.107. The molecule has 0 saturated heterocycles. The van der Waals surface area contributed by atoms with Gasteiger partial charge in [0.25, 0.3) is 0 Å². The van der Waals surface area contributed by atoms with Crippen molar-refractivity contribution in [2.45, 2.75) is 6.54 Å². The lowest BCUT2D eigenvalue weighted by molar-refractivity contribution is 1.06. The van der Waals surface area contributed by atoms with Gasteiger partial charge in [0.15, 0.2) is 5.96 Å². The van der Waals surface area contributed by atoms with E-state index < -0.39 is 0 Å². The van der Waals surface area contributed by atoms with Gasteiger partial charge in [-0.05, 0) is 17.7 Å². The standard InChI is InChI=1S/C11H12N4.ClH/c12-11(13)15-7-8-5-6-14-10-4-2-1-3-9(8)10;/h1-6H,7H2,(H4,12,13,15);1H. The molecule has 1 heterocycles. The third-order valence-electron chi connectivity index (χ3n) is 2.17. The number of nitrogens with zero attached hydrogens (tertiary/aromatic N) is 2. The number of pyridine rings is 1. The number of guanidine groups is 1. The first kappa shape index (κ1) is 12.3. The molecular formula is C11H13ClN4. The van der Waals surface area contributed by atoms with Gasteiger partial charge in [0.2, 0.25) is 0 Å². The molecule has 0 spiro atoms. The minimum absolute atomic E-state index is 0. The van der Waals surface area contributed by atoms with Gasteiger partial charge in [-0.25, -0.2) is 4.99 Å². The molecule has 0 aliphatic heterocycles. The van der Waals surface area contributed by atoms with Crippen LogP contribution in [0.15, 0.2) is 41.5 Å². The van der Waals surface area contributed by atoms with Gasteiger partial charge in [-0.1, -0.05) is 18.2 Å². The SMILES string of the molecule is Cl.NC(N)=NCc1ccnc2ccccc12. The number of benzene rings is 1. The van der Waals surface area contributed by atoms with Crippen LogP contribution in [0, 0.1) is 0 Å². The summed E-state index contributed by atoms with van der Waals surface area (Å²) in [6.07, 6.45) is 1.76. The molecule has 0 aliphatic carbocycles. The lowest BCUT2D eigenvalue weighted by atomic mass is 10.1. The zero-order valence-electron chi connectivity index (χ0n) is 8.63. The average molecular weight is 237 g/mol. The fourth-order valence-electron chi connectivity index (χ4n) is 1.47. The van der Waals surface area contributed by atoms with Gasteiger partial charge in [0.1, 0.15) is 0 Å². The predicted molar refractivity (Wildman–Crippen MR) is 68.5 cm³/mol. The van der Waals surface area contributed by atoms with Gasteiger partial charge in [-0.2, -0.15) is 0 Å². The fourth-order valence-corrected chi connectivity index (χ4v) is 1.47. The quantitative estimate of drug-likeness (QED) is 0.612. The van der Waals surface area contributed by atoms with E-state index in [0.717, 1.165) is 16.5 Å². The Balaban J connectivity index is 0.00000128. The van der Waals surface area contributed by atoms with E-state index in [4.69, 9.17) is 11.5 Å². The van der Waals surface area contributed by atoms with Crippen LogP contribution in [0.4, 0.5) is 0 Å². The highest BCUT2D eigenvalue weighted by atomic mass is 35.5. The monoisotopic (exact) mass is 236 g/mol. The van der Waals surface area contributed by atoms with E-state index in [1.807, 2.05) is 30.3 Å². The molecular weight excluding hydrogens is 224 g/mol. The maximum absolute atomic E-state index is 5.30. The first-order valence-corrected chi connectivity index (χ1v) is 4.65. The van der Waals surface area contributed by atoms with E-state index in [2.05, 4.69) is 9.98 Å². The summed E-state index contributed by atoms with van der Waals surface area (Å²) < 4.78 is 0. The van der Waals surface area contributed by atoms with Crippen LogP contribution in [-0.2, 0) is 6.54 Å². The highest BCUT2D eigenvalue weighted by molar-refractivity contribution is 5.85. The Hall–Kier alpha value is -1.81. The fraction of sp³-hybridized carbons (Fsp3) is 0.0909. The second-order valence-electron chi connectivity index (χ2n) is 3.23. The third kappa shape index (κ3) is 2.61. The van der Waals surface area contributed by atoms with Gasteiger partial charge < -0.3 is 11.5 Å². The molecule has 84 valence electrons. The van der Waals surface area contributed by atoms with Crippen molar-refractivity contribution in [3.63, 3.8) is 0 Å². The van der Waals surface area contributed by atoms with Crippen LogP contribution in [-0.4, -0.2) is 10.9 Å². The Kier molecular flexibility index (Phi) is 4.08. The molecule has 2 rings (SSSR count). The molecule has 5 heteroatoms. The van der Waals surface area contributed by atoms with Crippen LogP contribution in [0.1, 0.15) is 5.56 Å². The molecule has 0 fully saturated rings. The zero-order valence-corrected chi connectivity index (χ0v) is 9.45. The number of aliphatic imine (C=N–C) groups is 1. The van der Waals surface area contributed by atoms with E-state index >= 15 is 0 Å². The number of rotatable bonds is 2. The van der Waals surface area contributed by atoms with Crippen LogP contribution >= 0.6 is 12.4 Å². The molecule has 1 aromatic carbocycles. The Morgan fingerprint density at radius 3 is 2.69 bits per heavy atom. The zero-order chi connectivity index (χ0) is 10.7. The molecule has 0 unspecified atom stereocenters. The number of nitrogens with two attached hydrogens (primary N) is 2. The molecule has 0 aliphatic rings. The van der Waals surface area contributed by atoms with Crippen molar-refractivity contribution in [2.75, 3.05) is 0 Å². The average Bonchev–Trinajstić information content (AvgIpc) is 2.26. The Morgan fingerprint density at radius 1 is 1.19 bits per heavy atom. The number of fused-ring (bicyclic) bond motifs is 1. The Bertz CT molecular complexity index is 501. The van der Waals surface area contributed by atoms with E-state index in [9.17, 15) is 0 Å². The van der Waals surface area contributed by atoms with Crippen LogP contribution in [0.2, 0.25) is 0 Å². The van der Waals surface area contributed by atoms with E-state index in [1.165, 1.54) is 0 Å². The topological polar surface area (TPSA) is 77.3 Å². The summed E-state index contributed by atoms with van der Waals surface area (Å²) in [7, 11) is 0. The Morgan fingerprint density at radius 2 is 1.94 bits per heavy atom. The van der Waals surface area contributed by atoms with E-state index in [1.54, 1.807) is 6.20 Å². The smallest absolute Gasteiger partial charge is 0.186 e. The molecule has 0 saturated carbocycles. The molecule has 16 heavy (non-hydrogen) atoms. The third-order valence-corrected chi connectivity index (χ3v) is 2.17. The molecule has 2 aromatic rings. The number of aromatic nitrogens is 1. The molecule has 0 atom stereocenters. The van der Waals surface area contributed by atoms with Crippen molar-refractivity contribution in [1.29, 1.82) is 0 Å². The van der Waals surface area contributed by atoms with Crippen molar-refractivity contribution in [3.8, 4) is 0 Å². The maximum atomic E-state index is 5.30. The first-order valence-electron chi connectivity index (χ1n) is 4.65.